The second-order valence-corrected chi connectivity index (χ2v) is 5.04. The SMILES string of the molecule is O=C(c1cc(C2CC2)on1)N1Cc2cncnc2C1. The van der Waals surface area contributed by atoms with Crippen LogP contribution in [-0.2, 0) is 13.1 Å². The summed E-state index contributed by atoms with van der Waals surface area (Å²) >= 11 is 0. The van der Waals surface area contributed by atoms with E-state index in [1.165, 1.54) is 6.33 Å². The van der Waals surface area contributed by atoms with E-state index >= 15 is 0 Å². The fraction of sp³-hybridized carbons (Fsp3) is 0.385. The van der Waals surface area contributed by atoms with Crippen LogP contribution in [0.1, 0.15) is 46.3 Å². The van der Waals surface area contributed by atoms with Crippen molar-refractivity contribution in [3.8, 4) is 0 Å². The van der Waals surface area contributed by atoms with Gasteiger partial charge in [0, 0.05) is 30.3 Å². The van der Waals surface area contributed by atoms with Gasteiger partial charge in [0.1, 0.15) is 12.1 Å². The molecule has 1 aliphatic carbocycles. The van der Waals surface area contributed by atoms with Gasteiger partial charge in [0.25, 0.3) is 5.91 Å². The normalized spacial score (nSPS) is 17.6. The molecule has 4 rings (SSSR count). The van der Waals surface area contributed by atoms with Crippen molar-refractivity contribution in [3.05, 3.63) is 41.3 Å². The van der Waals surface area contributed by atoms with Crippen molar-refractivity contribution < 1.29 is 9.32 Å². The van der Waals surface area contributed by atoms with Crippen LogP contribution in [0.25, 0.3) is 0 Å². The molecule has 2 aromatic rings. The topological polar surface area (TPSA) is 72.1 Å². The van der Waals surface area contributed by atoms with E-state index in [0.717, 1.165) is 29.9 Å². The summed E-state index contributed by atoms with van der Waals surface area (Å²) in [5, 5.41) is 3.88. The minimum absolute atomic E-state index is 0.103. The lowest BCUT2D eigenvalue weighted by molar-refractivity contribution is 0.0740. The number of hydrogen-bond donors (Lipinski definition) is 0. The van der Waals surface area contributed by atoms with Gasteiger partial charge < -0.3 is 9.42 Å². The van der Waals surface area contributed by atoms with Crippen molar-refractivity contribution in [2.75, 3.05) is 0 Å². The molecule has 0 radical (unpaired) electrons. The Kier molecular flexibility index (Phi) is 2.18. The lowest BCUT2D eigenvalue weighted by atomic mass is 10.2. The maximum atomic E-state index is 12.3. The maximum Gasteiger partial charge on any atom is 0.276 e. The van der Waals surface area contributed by atoms with Gasteiger partial charge in [-0.3, -0.25) is 4.79 Å². The molecule has 0 N–H and O–H groups in total. The van der Waals surface area contributed by atoms with Crippen LogP contribution < -0.4 is 0 Å². The number of nitrogens with zero attached hydrogens (tertiary/aromatic N) is 4. The summed E-state index contributed by atoms with van der Waals surface area (Å²) in [6.07, 6.45) is 5.53. The maximum absolute atomic E-state index is 12.3. The molecule has 0 bridgehead atoms. The van der Waals surface area contributed by atoms with Crippen LogP contribution in [0, 0.1) is 0 Å². The molecule has 0 saturated heterocycles. The van der Waals surface area contributed by atoms with E-state index < -0.39 is 0 Å². The van der Waals surface area contributed by atoms with Gasteiger partial charge in [-0.05, 0) is 12.8 Å². The van der Waals surface area contributed by atoms with Crippen molar-refractivity contribution in [2.45, 2.75) is 31.8 Å². The molecule has 1 aliphatic heterocycles. The summed E-state index contributed by atoms with van der Waals surface area (Å²) in [6.45, 7) is 1.06. The first kappa shape index (κ1) is 10.7. The highest BCUT2D eigenvalue weighted by molar-refractivity contribution is 5.92. The molecule has 1 amide bonds. The minimum atomic E-state index is -0.103. The molecule has 0 atom stereocenters. The summed E-state index contributed by atoms with van der Waals surface area (Å²) in [6, 6.07) is 1.77. The van der Waals surface area contributed by atoms with E-state index in [4.69, 9.17) is 4.52 Å². The third kappa shape index (κ3) is 1.80. The molecule has 6 nitrogen and oxygen atoms in total. The monoisotopic (exact) mass is 256 g/mol. The largest absolute Gasteiger partial charge is 0.360 e. The smallest absolute Gasteiger partial charge is 0.276 e. The van der Waals surface area contributed by atoms with Gasteiger partial charge in [-0.25, -0.2) is 9.97 Å². The molecule has 96 valence electrons. The van der Waals surface area contributed by atoms with Crippen LogP contribution in [0.3, 0.4) is 0 Å². The number of hydrogen-bond acceptors (Lipinski definition) is 5. The van der Waals surface area contributed by atoms with Gasteiger partial charge in [-0.2, -0.15) is 0 Å². The van der Waals surface area contributed by atoms with E-state index in [2.05, 4.69) is 15.1 Å². The Balaban J connectivity index is 1.55. The van der Waals surface area contributed by atoms with Crippen LogP contribution in [0.5, 0.6) is 0 Å². The summed E-state index contributed by atoms with van der Waals surface area (Å²) in [7, 11) is 0. The Hall–Kier alpha value is -2.24. The van der Waals surface area contributed by atoms with E-state index in [-0.39, 0.29) is 5.91 Å². The highest BCUT2D eigenvalue weighted by Gasteiger charge is 2.31. The van der Waals surface area contributed by atoms with Crippen LogP contribution >= 0.6 is 0 Å². The van der Waals surface area contributed by atoms with Gasteiger partial charge in [-0.1, -0.05) is 5.16 Å². The van der Waals surface area contributed by atoms with Crippen molar-refractivity contribution in [3.63, 3.8) is 0 Å². The Morgan fingerprint density at radius 3 is 3.05 bits per heavy atom. The van der Waals surface area contributed by atoms with Crippen LogP contribution in [0.2, 0.25) is 0 Å². The van der Waals surface area contributed by atoms with E-state index in [9.17, 15) is 4.79 Å². The molecule has 0 unspecified atom stereocenters. The van der Waals surface area contributed by atoms with Crippen molar-refractivity contribution in [1.82, 2.24) is 20.0 Å². The Labute approximate surface area is 109 Å². The second kappa shape index (κ2) is 3.88. The lowest BCUT2D eigenvalue weighted by Gasteiger charge is -2.12. The molecule has 2 aliphatic rings. The fourth-order valence-electron chi connectivity index (χ4n) is 2.36. The highest BCUT2D eigenvalue weighted by atomic mass is 16.5. The van der Waals surface area contributed by atoms with E-state index in [1.807, 2.05) is 0 Å². The van der Waals surface area contributed by atoms with E-state index in [1.54, 1.807) is 17.2 Å². The number of carbonyl (C=O) groups is 1. The molecule has 2 aromatic heterocycles. The Morgan fingerprint density at radius 2 is 2.26 bits per heavy atom. The molecule has 6 heteroatoms. The first-order valence-corrected chi connectivity index (χ1v) is 6.35. The molecule has 1 saturated carbocycles. The lowest BCUT2D eigenvalue weighted by Crippen LogP contribution is -2.25. The predicted octanol–water partition coefficient (Wildman–Crippen LogP) is 1.50. The molecule has 19 heavy (non-hydrogen) atoms. The molecule has 1 fully saturated rings. The summed E-state index contributed by atoms with van der Waals surface area (Å²) < 4.78 is 5.22. The first-order chi connectivity index (χ1) is 9.31. The average molecular weight is 256 g/mol. The third-order valence-corrected chi connectivity index (χ3v) is 3.60. The number of aromatic nitrogens is 3. The standard InChI is InChI=1S/C13H12N4O2/c18-13(10-3-12(19-16-10)8-1-2-8)17-5-9-4-14-7-15-11(9)6-17/h3-4,7-8H,1-2,5-6H2. The molecular weight excluding hydrogens is 244 g/mol. The quantitative estimate of drug-likeness (QED) is 0.814. The van der Waals surface area contributed by atoms with Gasteiger partial charge in [-0.15, -0.1) is 0 Å². The number of amides is 1. The van der Waals surface area contributed by atoms with Gasteiger partial charge in [0.2, 0.25) is 0 Å². The fourth-order valence-corrected chi connectivity index (χ4v) is 2.36. The minimum Gasteiger partial charge on any atom is -0.360 e. The first-order valence-electron chi connectivity index (χ1n) is 6.35. The number of rotatable bonds is 2. The molecular formula is C13H12N4O2. The average Bonchev–Trinajstić information content (AvgIpc) is 3.03. The van der Waals surface area contributed by atoms with Gasteiger partial charge in [0.05, 0.1) is 12.2 Å². The molecule has 0 aromatic carbocycles. The van der Waals surface area contributed by atoms with Gasteiger partial charge >= 0.3 is 0 Å². The zero-order chi connectivity index (χ0) is 12.8. The Morgan fingerprint density at radius 1 is 1.37 bits per heavy atom. The third-order valence-electron chi connectivity index (χ3n) is 3.60. The molecule has 3 heterocycles. The highest BCUT2D eigenvalue weighted by Crippen LogP contribution is 2.40. The Bertz CT molecular complexity index is 623. The van der Waals surface area contributed by atoms with Crippen LogP contribution in [0.15, 0.2) is 23.1 Å². The summed E-state index contributed by atoms with van der Waals surface area (Å²) in [4.78, 5) is 22.2. The zero-order valence-corrected chi connectivity index (χ0v) is 10.2. The zero-order valence-electron chi connectivity index (χ0n) is 10.2. The van der Waals surface area contributed by atoms with Crippen molar-refractivity contribution in [1.29, 1.82) is 0 Å². The van der Waals surface area contributed by atoms with Gasteiger partial charge in [0.15, 0.2) is 5.69 Å². The van der Waals surface area contributed by atoms with Crippen LogP contribution in [0.4, 0.5) is 0 Å². The summed E-state index contributed by atoms with van der Waals surface area (Å²) in [5.41, 5.74) is 2.30. The van der Waals surface area contributed by atoms with Crippen molar-refractivity contribution >= 4 is 5.91 Å². The van der Waals surface area contributed by atoms with Crippen LogP contribution in [-0.4, -0.2) is 25.9 Å². The van der Waals surface area contributed by atoms with Crippen molar-refractivity contribution in [2.24, 2.45) is 0 Å². The van der Waals surface area contributed by atoms with E-state index in [0.29, 0.717) is 24.7 Å². The number of fused-ring (bicyclic) bond motifs is 1. The molecule has 0 spiro atoms. The number of carbonyl (C=O) groups excluding carboxylic acids is 1. The predicted molar refractivity (Wildman–Crippen MR) is 64.1 cm³/mol. The second-order valence-electron chi connectivity index (χ2n) is 5.04. The summed E-state index contributed by atoms with van der Waals surface area (Å²) in [5.74, 6) is 1.20.